The summed E-state index contributed by atoms with van der Waals surface area (Å²) in [5, 5.41) is 0. The molecule has 0 spiro atoms. The molecule has 160 valence electrons. The van der Waals surface area contributed by atoms with E-state index >= 15 is 0 Å². The number of nitrogens with one attached hydrogen (secondary N) is 1. The van der Waals surface area contributed by atoms with E-state index in [9.17, 15) is 18.8 Å². The molecule has 0 bridgehead atoms. The van der Waals surface area contributed by atoms with E-state index in [2.05, 4.69) is 6.92 Å². The normalized spacial score (nSPS) is 10.9. The maximum atomic E-state index is 13.1. The fourth-order valence-corrected chi connectivity index (χ4v) is 3.11. The zero-order chi connectivity index (χ0) is 20.6. The molecule has 0 saturated carbocycles. The number of H-pyrrole nitrogens is 1. The van der Waals surface area contributed by atoms with E-state index in [1.54, 1.807) is 4.98 Å². The second-order valence-corrected chi connectivity index (χ2v) is 7.32. The summed E-state index contributed by atoms with van der Waals surface area (Å²) in [6.07, 6.45) is 16.8. The Morgan fingerprint density at radius 2 is 1.36 bits per heavy atom. The van der Waals surface area contributed by atoms with E-state index < -0.39 is 23.2 Å². The number of halogens is 1. The van der Waals surface area contributed by atoms with Crippen LogP contribution in [0.15, 0.2) is 15.8 Å². The molecule has 28 heavy (non-hydrogen) atoms. The van der Waals surface area contributed by atoms with Crippen molar-refractivity contribution in [3.63, 3.8) is 0 Å². The van der Waals surface area contributed by atoms with Gasteiger partial charge in [-0.05, 0) is 6.42 Å². The van der Waals surface area contributed by atoms with Crippen molar-refractivity contribution >= 4 is 6.09 Å². The Kier molecular flexibility index (Phi) is 13.0. The van der Waals surface area contributed by atoms with Gasteiger partial charge in [-0.1, -0.05) is 90.4 Å². The monoisotopic (exact) mass is 398 g/mol. The number of carbonyl (C=O) groups excluding carboxylic acids is 1. The largest absolute Gasteiger partial charge is 0.449 e. The number of rotatable bonds is 15. The summed E-state index contributed by atoms with van der Waals surface area (Å²) in [5.41, 5.74) is -2.15. The lowest BCUT2D eigenvalue weighted by molar-refractivity contribution is 0.143. The Labute approximate surface area is 166 Å². The number of ether oxygens (including phenoxy) is 1. The molecule has 7 heteroatoms. The number of aromatic nitrogens is 2. The highest BCUT2D eigenvalue weighted by molar-refractivity contribution is 5.69. The van der Waals surface area contributed by atoms with Gasteiger partial charge in [0.1, 0.15) is 0 Å². The average Bonchev–Trinajstić information content (AvgIpc) is 2.67. The van der Waals surface area contributed by atoms with Crippen molar-refractivity contribution in [1.82, 2.24) is 9.55 Å². The van der Waals surface area contributed by atoms with Crippen molar-refractivity contribution in [3.05, 3.63) is 32.9 Å². The van der Waals surface area contributed by atoms with E-state index in [0.717, 1.165) is 12.8 Å². The van der Waals surface area contributed by atoms with Crippen LogP contribution in [-0.2, 0) is 4.74 Å². The molecular formula is C21H35FN2O4. The van der Waals surface area contributed by atoms with Crippen molar-refractivity contribution in [2.24, 2.45) is 0 Å². The summed E-state index contributed by atoms with van der Waals surface area (Å²) in [4.78, 5) is 35.8. The Morgan fingerprint density at radius 1 is 0.893 bits per heavy atom. The number of nitrogens with zero attached hydrogens (tertiary/aromatic N) is 1. The summed E-state index contributed by atoms with van der Waals surface area (Å²) in [6, 6.07) is 0. The van der Waals surface area contributed by atoms with Crippen LogP contribution in [0.4, 0.5) is 9.18 Å². The van der Waals surface area contributed by atoms with Crippen LogP contribution in [0.3, 0.4) is 0 Å². The molecule has 0 saturated heterocycles. The fraction of sp³-hybridized carbons (Fsp3) is 0.762. The highest BCUT2D eigenvalue weighted by Crippen LogP contribution is 2.12. The van der Waals surface area contributed by atoms with Crippen molar-refractivity contribution in [1.29, 1.82) is 0 Å². The Hall–Kier alpha value is -1.92. The van der Waals surface area contributed by atoms with Gasteiger partial charge in [0.25, 0.3) is 5.56 Å². The Bertz CT molecular complexity index is 669. The third-order valence-electron chi connectivity index (χ3n) is 4.82. The van der Waals surface area contributed by atoms with Gasteiger partial charge in [-0.25, -0.2) is 14.2 Å². The lowest BCUT2D eigenvalue weighted by Crippen LogP contribution is -2.35. The van der Waals surface area contributed by atoms with Crippen LogP contribution >= 0.6 is 0 Å². The maximum absolute atomic E-state index is 13.1. The average molecular weight is 399 g/mol. The van der Waals surface area contributed by atoms with Crippen LogP contribution in [0.5, 0.6) is 0 Å². The van der Waals surface area contributed by atoms with Crippen LogP contribution in [0, 0.1) is 5.82 Å². The number of aromatic amines is 1. The fourth-order valence-electron chi connectivity index (χ4n) is 3.11. The molecule has 0 unspecified atom stereocenters. The van der Waals surface area contributed by atoms with Gasteiger partial charge in [0.15, 0.2) is 0 Å². The minimum Gasteiger partial charge on any atom is -0.449 e. The van der Waals surface area contributed by atoms with Gasteiger partial charge in [-0.15, -0.1) is 0 Å². The molecule has 0 radical (unpaired) electrons. The lowest BCUT2D eigenvalue weighted by atomic mass is 10.0. The van der Waals surface area contributed by atoms with Gasteiger partial charge in [0.2, 0.25) is 5.82 Å². The number of unbranched alkanes of at least 4 members (excludes halogenated alkanes) is 13. The van der Waals surface area contributed by atoms with Crippen LogP contribution < -0.4 is 11.2 Å². The summed E-state index contributed by atoms with van der Waals surface area (Å²) < 4.78 is 18.5. The molecule has 1 aromatic heterocycles. The summed E-state index contributed by atoms with van der Waals surface area (Å²) >= 11 is 0. The lowest BCUT2D eigenvalue weighted by Gasteiger charge is -2.06. The van der Waals surface area contributed by atoms with Crippen LogP contribution in [-0.4, -0.2) is 22.3 Å². The quantitative estimate of drug-likeness (QED) is 0.415. The molecule has 1 aromatic rings. The SMILES string of the molecule is CCCCCCCCCCCCCCCCOC(=O)n1cc(F)c(=O)[nH]c1=O. The number of hydrogen-bond donors (Lipinski definition) is 1. The Balaban J connectivity index is 1.95. The van der Waals surface area contributed by atoms with Gasteiger partial charge in [-0.3, -0.25) is 9.78 Å². The van der Waals surface area contributed by atoms with Crippen molar-refractivity contribution in [2.45, 2.75) is 96.8 Å². The molecule has 0 aliphatic heterocycles. The number of hydrogen-bond acceptors (Lipinski definition) is 4. The molecular weight excluding hydrogens is 363 g/mol. The Morgan fingerprint density at radius 3 is 1.86 bits per heavy atom. The molecule has 0 amide bonds. The third-order valence-corrected chi connectivity index (χ3v) is 4.82. The van der Waals surface area contributed by atoms with Crippen LogP contribution in [0.2, 0.25) is 0 Å². The van der Waals surface area contributed by atoms with Crippen LogP contribution in [0.1, 0.15) is 96.8 Å². The first-order valence-corrected chi connectivity index (χ1v) is 10.7. The van der Waals surface area contributed by atoms with E-state index in [1.165, 1.54) is 70.6 Å². The zero-order valence-corrected chi connectivity index (χ0v) is 17.1. The van der Waals surface area contributed by atoms with Gasteiger partial charge in [0, 0.05) is 0 Å². The summed E-state index contributed by atoms with van der Waals surface area (Å²) in [7, 11) is 0. The standard InChI is InChI=1S/C21H35FN2O4/c1-2-3-4-5-6-7-8-9-10-11-12-13-14-15-16-28-21(27)24-17-18(22)19(25)23-20(24)26/h17H,2-16H2,1H3,(H,23,25,26). The first-order valence-electron chi connectivity index (χ1n) is 10.7. The molecule has 0 atom stereocenters. The molecule has 1 heterocycles. The summed E-state index contributed by atoms with van der Waals surface area (Å²) in [5.74, 6) is -1.20. The highest BCUT2D eigenvalue weighted by Gasteiger charge is 2.11. The minimum absolute atomic E-state index is 0.171. The predicted molar refractivity (Wildman–Crippen MR) is 108 cm³/mol. The molecule has 1 N–H and O–H groups in total. The van der Waals surface area contributed by atoms with Crippen LogP contribution in [0.25, 0.3) is 0 Å². The van der Waals surface area contributed by atoms with E-state index in [4.69, 9.17) is 4.74 Å². The second-order valence-electron chi connectivity index (χ2n) is 7.32. The van der Waals surface area contributed by atoms with Gasteiger partial charge in [-0.2, -0.15) is 4.39 Å². The van der Waals surface area contributed by atoms with Crippen molar-refractivity contribution in [2.75, 3.05) is 6.61 Å². The highest BCUT2D eigenvalue weighted by atomic mass is 19.1. The molecule has 0 aliphatic rings. The minimum atomic E-state index is -1.20. The topological polar surface area (TPSA) is 81.2 Å². The van der Waals surface area contributed by atoms with Gasteiger partial charge in [0.05, 0.1) is 12.8 Å². The predicted octanol–water partition coefficient (Wildman–Crippen LogP) is 5.14. The van der Waals surface area contributed by atoms with Gasteiger partial charge >= 0.3 is 11.8 Å². The summed E-state index contributed by atoms with van der Waals surface area (Å²) in [6.45, 7) is 2.41. The van der Waals surface area contributed by atoms with Gasteiger partial charge < -0.3 is 4.74 Å². The number of carbonyl (C=O) groups is 1. The third kappa shape index (κ3) is 10.4. The molecule has 0 aromatic carbocycles. The molecule has 6 nitrogen and oxygen atoms in total. The van der Waals surface area contributed by atoms with Crippen molar-refractivity contribution in [3.8, 4) is 0 Å². The molecule has 1 rings (SSSR count). The zero-order valence-electron chi connectivity index (χ0n) is 17.1. The maximum Gasteiger partial charge on any atom is 0.422 e. The smallest absolute Gasteiger partial charge is 0.422 e. The van der Waals surface area contributed by atoms with Crippen molar-refractivity contribution < 1.29 is 13.9 Å². The first-order chi connectivity index (χ1) is 13.6. The molecule has 0 aliphatic carbocycles. The first kappa shape index (κ1) is 24.1. The second kappa shape index (κ2) is 15.1. The molecule has 0 fully saturated rings. The van der Waals surface area contributed by atoms with E-state index in [0.29, 0.717) is 17.2 Å². The van der Waals surface area contributed by atoms with E-state index in [1.807, 2.05) is 0 Å². The van der Waals surface area contributed by atoms with E-state index in [-0.39, 0.29) is 6.61 Å².